The molecule has 0 saturated carbocycles. The van der Waals surface area contributed by atoms with E-state index < -0.39 is 0 Å². The molecule has 2 fully saturated rings. The van der Waals surface area contributed by atoms with E-state index in [1.165, 1.54) is 6.42 Å². The number of amidine groups is 1. The van der Waals surface area contributed by atoms with Crippen LogP contribution in [0.2, 0.25) is 0 Å². The molecular formula is C11H19N3OS. The van der Waals surface area contributed by atoms with E-state index in [4.69, 9.17) is 0 Å². The molecule has 5 heteroatoms. The van der Waals surface area contributed by atoms with Gasteiger partial charge in [0.2, 0.25) is 5.91 Å². The molecule has 2 N–H and O–H groups in total. The zero-order valence-corrected chi connectivity index (χ0v) is 10.5. The second-order valence-electron chi connectivity index (χ2n) is 4.34. The van der Waals surface area contributed by atoms with E-state index in [2.05, 4.69) is 22.5 Å². The van der Waals surface area contributed by atoms with Crippen molar-refractivity contribution in [1.29, 1.82) is 0 Å². The molecule has 4 nitrogen and oxygen atoms in total. The molecule has 0 radical (unpaired) electrons. The van der Waals surface area contributed by atoms with Crippen LogP contribution in [0.1, 0.15) is 32.6 Å². The summed E-state index contributed by atoms with van der Waals surface area (Å²) in [5.41, 5.74) is 0. The summed E-state index contributed by atoms with van der Waals surface area (Å²) in [6.07, 6.45) is 3.96. The number of carbonyl (C=O) groups is 1. The highest BCUT2D eigenvalue weighted by molar-refractivity contribution is 8.13. The highest BCUT2D eigenvalue weighted by Gasteiger charge is 2.21. The zero-order chi connectivity index (χ0) is 11.4. The molecule has 90 valence electrons. The average molecular weight is 241 g/mol. The van der Waals surface area contributed by atoms with E-state index in [1.54, 1.807) is 11.8 Å². The van der Waals surface area contributed by atoms with Gasteiger partial charge in [0.1, 0.15) is 0 Å². The van der Waals surface area contributed by atoms with Crippen LogP contribution in [0, 0.1) is 0 Å². The number of hydrogen-bond donors (Lipinski definition) is 2. The van der Waals surface area contributed by atoms with Gasteiger partial charge in [-0.05, 0) is 19.3 Å². The molecule has 2 heterocycles. The first-order valence-corrected chi connectivity index (χ1v) is 6.99. The molecule has 2 aliphatic rings. The summed E-state index contributed by atoms with van der Waals surface area (Å²) in [7, 11) is 0. The highest BCUT2D eigenvalue weighted by Crippen LogP contribution is 2.16. The van der Waals surface area contributed by atoms with E-state index >= 15 is 0 Å². The predicted molar refractivity (Wildman–Crippen MR) is 67.8 cm³/mol. The van der Waals surface area contributed by atoms with Gasteiger partial charge in [-0.25, -0.2) is 0 Å². The minimum atomic E-state index is 0.167. The van der Waals surface area contributed by atoms with Crippen LogP contribution in [0.5, 0.6) is 0 Å². The zero-order valence-electron chi connectivity index (χ0n) is 9.66. The van der Waals surface area contributed by atoms with Gasteiger partial charge in [-0.15, -0.1) is 0 Å². The lowest BCUT2D eigenvalue weighted by molar-refractivity contribution is -0.119. The molecular weight excluding hydrogens is 222 g/mol. The third-order valence-corrected chi connectivity index (χ3v) is 4.03. The predicted octanol–water partition coefficient (Wildman–Crippen LogP) is 1.13. The Morgan fingerprint density at radius 1 is 1.38 bits per heavy atom. The van der Waals surface area contributed by atoms with Crippen LogP contribution in [-0.2, 0) is 4.79 Å². The average Bonchev–Trinajstić information content (AvgIpc) is 2.73. The van der Waals surface area contributed by atoms with Gasteiger partial charge in [0.15, 0.2) is 5.17 Å². The molecule has 2 aliphatic heterocycles. The minimum Gasteiger partial charge on any atom is -0.362 e. The molecule has 0 spiro atoms. The van der Waals surface area contributed by atoms with Crippen molar-refractivity contribution >= 4 is 22.8 Å². The fraction of sp³-hybridized carbons (Fsp3) is 0.818. The number of nitrogens with zero attached hydrogens (tertiary/aromatic N) is 1. The van der Waals surface area contributed by atoms with Gasteiger partial charge in [-0.1, -0.05) is 18.7 Å². The van der Waals surface area contributed by atoms with E-state index in [-0.39, 0.29) is 11.9 Å². The summed E-state index contributed by atoms with van der Waals surface area (Å²) in [4.78, 5) is 15.6. The molecule has 1 amide bonds. The van der Waals surface area contributed by atoms with Crippen LogP contribution >= 0.6 is 11.8 Å². The van der Waals surface area contributed by atoms with Gasteiger partial charge in [0.05, 0.1) is 6.54 Å². The van der Waals surface area contributed by atoms with Crippen LogP contribution in [0.3, 0.4) is 0 Å². The summed E-state index contributed by atoms with van der Waals surface area (Å²) >= 11 is 1.79. The number of nitrogens with one attached hydrogen (secondary N) is 2. The van der Waals surface area contributed by atoms with E-state index in [9.17, 15) is 4.79 Å². The Morgan fingerprint density at radius 3 is 2.94 bits per heavy atom. The third-order valence-electron chi connectivity index (χ3n) is 3.07. The van der Waals surface area contributed by atoms with Gasteiger partial charge in [-0.3, -0.25) is 9.79 Å². The maximum Gasteiger partial charge on any atom is 0.220 e. The second kappa shape index (κ2) is 5.57. The Morgan fingerprint density at radius 2 is 2.25 bits per heavy atom. The molecule has 2 rings (SSSR count). The van der Waals surface area contributed by atoms with Crippen molar-refractivity contribution in [3.63, 3.8) is 0 Å². The summed E-state index contributed by atoms with van der Waals surface area (Å²) < 4.78 is 0. The van der Waals surface area contributed by atoms with Crippen LogP contribution in [-0.4, -0.2) is 35.5 Å². The van der Waals surface area contributed by atoms with E-state index in [0.29, 0.717) is 12.5 Å². The van der Waals surface area contributed by atoms with Crippen LogP contribution in [0.4, 0.5) is 0 Å². The third kappa shape index (κ3) is 3.14. The van der Waals surface area contributed by atoms with Crippen molar-refractivity contribution in [2.75, 3.05) is 12.3 Å². The van der Waals surface area contributed by atoms with Gasteiger partial charge in [-0.2, -0.15) is 0 Å². The van der Waals surface area contributed by atoms with Crippen molar-refractivity contribution in [2.24, 2.45) is 4.99 Å². The molecule has 0 aliphatic carbocycles. The Kier molecular flexibility index (Phi) is 4.09. The lowest BCUT2D eigenvalue weighted by Crippen LogP contribution is -2.38. The van der Waals surface area contributed by atoms with E-state index in [1.807, 2.05) is 0 Å². The summed E-state index contributed by atoms with van der Waals surface area (Å²) in [5, 5.41) is 7.43. The number of carbonyl (C=O) groups excluding carboxylic acids is 1. The number of thioether (sulfide) groups is 1. The smallest absolute Gasteiger partial charge is 0.220 e. The summed E-state index contributed by atoms with van der Waals surface area (Å²) in [6.45, 7) is 2.92. The molecule has 0 aromatic rings. The molecule has 2 atom stereocenters. The first-order valence-electron chi connectivity index (χ1n) is 6.01. The Labute approximate surface area is 101 Å². The number of amides is 1. The van der Waals surface area contributed by atoms with Gasteiger partial charge in [0.25, 0.3) is 0 Å². The molecule has 0 bridgehead atoms. The first-order chi connectivity index (χ1) is 7.78. The maximum absolute atomic E-state index is 11.0. The largest absolute Gasteiger partial charge is 0.362 e. The van der Waals surface area contributed by atoms with Gasteiger partial charge < -0.3 is 10.6 Å². The molecule has 0 aromatic carbocycles. The summed E-state index contributed by atoms with van der Waals surface area (Å²) in [6, 6.07) is 0.836. The van der Waals surface area contributed by atoms with Crippen molar-refractivity contribution in [1.82, 2.24) is 10.6 Å². The first kappa shape index (κ1) is 11.8. The number of aliphatic imine (C=N–C) groups is 1. The van der Waals surface area contributed by atoms with Crippen molar-refractivity contribution in [3.05, 3.63) is 0 Å². The maximum atomic E-state index is 11.0. The number of hydrogen-bond acceptors (Lipinski definition) is 3. The fourth-order valence-electron chi connectivity index (χ4n) is 1.99. The Balaban J connectivity index is 1.80. The van der Waals surface area contributed by atoms with Crippen LogP contribution < -0.4 is 10.6 Å². The van der Waals surface area contributed by atoms with E-state index in [0.717, 1.165) is 30.3 Å². The quantitative estimate of drug-likeness (QED) is 0.778. The molecule has 0 aromatic heterocycles. The second-order valence-corrected chi connectivity index (χ2v) is 5.42. The van der Waals surface area contributed by atoms with Crippen molar-refractivity contribution < 1.29 is 4.79 Å². The minimum absolute atomic E-state index is 0.167. The summed E-state index contributed by atoms with van der Waals surface area (Å²) in [5.74, 6) is 1.32. The molecule has 16 heavy (non-hydrogen) atoms. The van der Waals surface area contributed by atoms with Crippen molar-refractivity contribution in [2.45, 2.75) is 44.7 Å². The Hall–Kier alpha value is -0.710. The topological polar surface area (TPSA) is 53.5 Å². The lowest BCUT2D eigenvalue weighted by Gasteiger charge is -2.24. The van der Waals surface area contributed by atoms with Gasteiger partial charge >= 0.3 is 0 Å². The van der Waals surface area contributed by atoms with Crippen molar-refractivity contribution in [3.8, 4) is 0 Å². The number of rotatable bonds is 3. The monoisotopic (exact) mass is 241 g/mol. The van der Waals surface area contributed by atoms with Crippen LogP contribution in [0.15, 0.2) is 4.99 Å². The SMILES string of the molecule is CCC1CCSC(=NCC2CCC(=O)N2)N1. The standard InChI is InChI=1S/C11H19N3OS/c1-2-8-5-6-16-11(14-8)12-7-9-3-4-10(15)13-9/h8-9H,2-7H2,1H3,(H,12,14)(H,13,15). The molecule has 2 unspecified atom stereocenters. The Bertz CT molecular complexity index is 293. The fourth-order valence-corrected chi connectivity index (χ4v) is 3.00. The lowest BCUT2D eigenvalue weighted by atomic mass is 10.2. The highest BCUT2D eigenvalue weighted by atomic mass is 32.2. The molecule has 2 saturated heterocycles. The van der Waals surface area contributed by atoms with Crippen LogP contribution in [0.25, 0.3) is 0 Å². The van der Waals surface area contributed by atoms with Gasteiger partial charge in [0, 0.05) is 24.3 Å². The normalized spacial score (nSPS) is 32.6.